The van der Waals surface area contributed by atoms with Crippen LogP contribution in [0.25, 0.3) is 5.69 Å². The molecule has 0 aliphatic carbocycles. The number of carbonyl (C=O) groups excluding carboxylic acids is 1. The fourth-order valence-electron chi connectivity index (χ4n) is 3.59. The van der Waals surface area contributed by atoms with Crippen LogP contribution in [-0.2, 0) is 0 Å². The molecule has 0 bridgehead atoms. The van der Waals surface area contributed by atoms with E-state index in [0.29, 0.717) is 17.1 Å². The summed E-state index contributed by atoms with van der Waals surface area (Å²) in [6.45, 7) is 8.28. The topological polar surface area (TPSA) is 64.8 Å². The number of rotatable bonds is 6. The van der Waals surface area contributed by atoms with E-state index < -0.39 is 0 Å². The second kappa shape index (κ2) is 9.39. The lowest BCUT2D eigenvalue weighted by molar-refractivity contribution is 0.0954. The summed E-state index contributed by atoms with van der Waals surface area (Å²) in [5.74, 6) is 0.709. The summed E-state index contributed by atoms with van der Waals surface area (Å²) in [5.41, 5.74) is 9.55. The molecule has 0 saturated carbocycles. The zero-order valence-electron chi connectivity index (χ0n) is 18.5. The first kappa shape index (κ1) is 22.6. The van der Waals surface area contributed by atoms with E-state index in [1.165, 1.54) is 18.2 Å². The fraction of sp³-hybridized carbons (Fsp3) is 0.250. The molecule has 0 fully saturated rings. The molecule has 0 atom stereocenters. The molecule has 0 aliphatic rings. The number of amides is 1. The van der Waals surface area contributed by atoms with Crippen LogP contribution in [0.4, 0.5) is 0 Å². The van der Waals surface area contributed by atoms with Crippen LogP contribution < -0.4 is 14.9 Å². The van der Waals surface area contributed by atoms with E-state index in [1.807, 2.05) is 6.92 Å². The van der Waals surface area contributed by atoms with Crippen molar-refractivity contribution in [3.63, 3.8) is 0 Å². The van der Waals surface area contributed by atoms with Crippen molar-refractivity contribution in [3.8, 4) is 17.2 Å². The largest absolute Gasteiger partial charge is 0.493 e. The molecule has 162 valence electrons. The molecule has 3 rings (SSSR count). The lowest BCUT2D eigenvalue weighted by atomic mass is 10.1. The molecule has 2 aromatic carbocycles. The molecule has 1 amide bonds. The monoisotopic (exact) mass is 483 g/mol. The normalized spacial score (nSPS) is 11.1. The molecule has 0 saturated heterocycles. The number of nitrogens with one attached hydrogen (secondary N) is 1. The van der Waals surface area contributed by atoms with Crippen LogP contribution >= 0.6 is 15.9 Å². The summed E-state index contributed by atoms with van der Waals surface area (Å²) in [4.78, 5) is 12.5. The van der Waals surface area contributed by atoms with Gasteiger partial charge in [-0.1, -0.05) is 17.7 Å². The average molecular weight is 484 g/mol. The van der Waals surface area contributed by atoms with E-state index in [0.717, 1.165) is 27.1 Å². The maximum absolute atomic E-state index is 12.5. The third-order valence-corrected chi connectivity index (χ3v) is 6.21. The third-order valence-electron chi connectivity index (χ3n) is 5.21. The van der Waals surface area contributed by atoms with Crippen molar-refractivity contribution in [2.24, 2.45) is 5.10 Å². The Hall–Kier alpha value is -3.06. The van der Waals surface area contributed by atoms with Crippen LogP contribution in [0.15, 0.2) is 46.0 Å². The van der Waals surface area contributed by atoms with Crippen LogP contribution in [0.5, 0.6) is 11.5 Å². The number of benzene rings is 2. The van der Waals surface area contributed by atoms with Crippen LogP contribution in [0, 0.1) is 27.7 Å². The lowest BCUT2D eigenvalue weighted by Crippen LogP contribution is -2.17. The molecule has 1 heterocycles. The van der Waals surface area contributed by atoms with Gasteiger partial charge in [0, 0.05) is 32.7 Å². The summed E-state index contributed by atoms with van der Waals surface area (Å²) in [6.07, 6.45) is 1.66. The second-order valence-electron chi connectivity index (χ2n) is 7.29. The Morgan fingerprint density at radius 2 is 1.71 bits per heavy atom. The number of aromatic nitrogens is 1. The zero-order valence-corrected chi connectivity index (χ0v) is 20.1. The molecule has 7 heteroatoms. The van der Waals surface area contributed by atoms with Gasteiger partial charge in [-0.25, -0.2) is 5.43 Å². The summed E-state index contributed by atoms with van der Waals surface area (Å²) < 4.78 is 13.6. The predicted molar refractivity (Wildman–Crippen MR) is 127 cm³/mol. The minimum Gasteiger partial charge on any atom is -0.493 e. The van der Waals surface area contributed by atoms with E-state index in [9.17, 15) is 4.79 Å². The highest BCUT2D eigenvalue weighted by atomic mass is 79.9. The molecular weight excluding hydrogens is 458 g/mol. The first-order valence-corrected chi connectivity index (χ1v) is 10.6. The highest BCUT2D eigenvalue weighted by Crippen LogP contribution is 2.31. The van der Waals surface area contributed by atoms with Gasteiger partial charge in [-0.05, 0) is 73.5 Å². The Labute approximate surface area is 191 Å². The van der Waals surface area contributed by atoms with Crippen molar-refractivity contribution >= 4 is 28.1 Å². The lowest BCUT2D eigenvalue weighted by Gasteiger charge is -2.13. The molecule has 0 unspecified atom stereocenters. The Bertz CT molecular complexity index is 1170. The number of methoxy groups -OCH3 is 2. The van der Waals surface area contributed by atoms with Gasteiger partial charge in [-0.3, -0.25) is 4.79 Å². The standard InChI is InChI=1S/C24H26BrN3O3/c1-14-7-9-20(15(2)11-14)28-16(3)19(23(25)17(28)4)13-26-27-24(29)18-8-10-21(30-5)22(12-18)31-6/h7-13H,1-6H3,(H,27,29)/b26-13-. The van der Waals surface area contributed by atoms with Crippen LogP contribution in [0.2, 0.25) is 0 Å². The van der Waals surface area contributed by atoms with Gasteiger partial charge >= 0.3 is 0 Å². The van der Waals surface area contributed by atoms with Crippen LogP contribution in [0.1, 0.15) is 38.4 Å². The smallest absolute Gasteiger partial charge is 0.271 e. The molecule has 0 radical (unpaired) electrons. The number of ether oxygens (including phenoxy) is 2. The molecule has 0 aliphatic heterocycles. The summed E-state index contributed by atoms with van der Waals surface area (Å²) in [7, 11) is 3.08. The molecule has 6 nitrogen and oxygen atoms in total. The van der Waals surface area contributed by atoms with Gasteiger partial charge < -0.3 is 14.0 Å². The Morgan fingerprint density at radius 3 is 2.35 bits per heavy atom. The van der Waals surface area contributed by atoms with Crippen molar-refractivity contribution in [1.29, 1.82) is 0 Å². The van der Waals surface area contributed by atoms with Gasteiger partial charge in [0.15, 0.2) is 11.5 Å². The highest BCUT2D eigenvalue weighted by Gasteiger charge is 2.17. The van der Waals surface area contributed by atoms with E-state index in [-0.39, 0.29) is 5.91 Å². The van der Waals surface area contributed by atoms with E-state index >= 15 is 0 Å². The second-order valence-corrected chi connectivity index (χ2v) is 8.09. The predicted octanol–water partition coefficient (Wildman–Crippen LogP) is 5.25. The van der Waals surface area contributed by atoms with Crippen LogP contribution in [0.3, 0.4) is 0 Å². The Morgan fingerprint density at radius 1 is 1.00 bits per heavy atom. The van der Waals surface area contributed by atoms with Gasteiger partial charge in [0.05, 0.1) is 20.4 Å². The number of halogens is 1. The van der Waals surface area contributed by atoms with Crippen molar-refractivity contribution < 1.29 is 14.3 Å². The number of carbonyl (C=O) groups is 1. The summed E-state index contributed by atoms with van der Waals surface area (Å²) in [6, 6.07) is 11.4. The van der Waals surface area contributed by atoms with E-state index in [1.54, 1.807) is 31.5 Å². The third kappa shape index (κ3) is 4.51. The quantitative estimate of drug-likeness (QED) is 0.384. The van der Waals surface area contributed by atoms with E-state index in [2.05, 4.69) is 70.0 Å². The maximum atomic E-state index is 12.5. The highest BCUT2D eigenvalue weighted by molar-refractivity contribution is 9.10. The summed E-state index contributed by atoms with van der Waals surface area (Å²) in [5, 5.41) is 4.18. The van der Waals surface area contributed by atoms with Gasteiger partial charge in [-0.15, -0.1) is 0 Å². The number of nitrogens with zero attached hydrogens (tertiary/aromatic N) is 2. The fourth-order valence-corrected chi connectivity index (χ4v) is 4.16. The minimum atomic E-state index is -0.337. The minimum absolute atomic E-state index is 0.337. The first-order chi connectivity index (χ1) is 14.8. The molecule has 0 spiro atoms. The Balaban J connectivity index is 1.86. The van der Waals surface area contributed by atoms with Crippen molar-refractivity contribution in [2.45, 2.75) is 27.7 Å². The summed E-state index contributed by atoms with van der Waals surface area (Å²) >= 11 is 3.68. The van der Waals surface area contributed by atoms with Crippen molar-refractivity contribution in [1.82, 2.24) is 9.99 Å². The Kier molecular flexibility index (Phi) is 6.85. The van der Waals surface area contributed by atoms with Gasteiger partial charge in [0.2, 0.25) is 0 Å². The van der Waals surface area contributed by atoms with Gasteiger partial charge in [-0.2, -0.15) is 5.10 Å². The number of hydrogen-bond acceptors (Lipinski definition) is 4. The maximum Gasteiger partial charge on any atom is 0.271 e. The SMILES string of the molecule is COc1ccc(C(=O)N/N=C\c2c(Br)c(C)n(-c3ccc(C)cc3C)c2C)cc1OC. The molecular formula is C24H26BrN3O3. The van der Waals surface area contributed by atoms with Gasteiger partial charge in [0.25, 0.3) is 5.91 Å². The average Bonchev–Trinajstić information content (AvgIpc) is 2.96. The van der Waals surface area contributed by atoms with Gasteiger partial charge in [0.1, 0.15) is 0 Å². The van der Waals surface area contributed by atoms with E-state index in [4.69, 9.17) is 9.47 Å². The number of hydrazone groups is 1. The molecule has 3 aromatic rings. The van der Waals surface area contributed by atoms with Crippen LogP contribution in [-0.4, -0.2) is 30.9 Å². The number of aryl methyl sites for hydroxylation is 2. The first-order valence-electron chi connectivity index (χ1n) is 9.79. The zero-order chi connectivity index (χ0) is 22.7. The molecule has 1 N–H and O–H groups in total. The molecule has 1 aromatic heterocycles. The van der Waals surface area contributed by atoms with Crippen molar-refractivity contribution in [2.75, 3.05) is 14.2 Å². The number of hydrogen-bond donors (Lipinski definition) is 1. The molecule has 31 heavy (non-hydrogen) atoms. The van der Waals surface area contributed by atoms with Crippen molar-refractivity contribution in [3.05, 3.63) is 74.5 Å².